The van der Waals surface area contributed by atoms with E-state index in [1.807, 2.05) is 53.6 Å². The van der Waals surface area contributed by atoms with E-state index in [-0.39, 0.29) is 5.91 Å². The Balaban J connectivity index is 1.31. The zero-order chi connectivity index (χ0) is 18.6. The first-order valence-electron chi connectivity index (χ1n) is 8.67. The number of aromatic amines is 1. The van der Waals surface area contributed by atoms with E-state index in [0.717, 1.165) is 33.9 Å². The van der Waals surface area contributed by atoms with Gasteiger partial charge in [-0.05, 0) is 43.2 Å². The smallest absolute Gasteiger partial charge is 0.267 e. The average molecular weight is 377 g/mol. The van der Waals surface area contributed by atoms with Gasteiger partial charge in [-0.2, -0.15) is 5.10 Å². The molecule has 0 aliphatic rings. The number of carbonyl (C=O) groups is 1. The predicted octanol–water partition coefficient (Wildman–Crippen LogP) is 3.60. The van der Waals surface area contributed by atoms with Crippen molar-refractivity contribution in [1.29, 1.82) is 0 Å². The molecule has 0 saturated carbocycles. The third kappa shape index (κ3) is 3.98. The van der Waals surface area contributed by atoms with Crippen LogP contribution in [0.25, 0.3) is 16.9 Å². The quantitative estimate of drug-likeness (QED) is 0.539. The molecule has 136 valence electrons. The second kappa shape index (κ2) is 7.59. The molecule has 0 atom stereocenters. The summed E-state index contributed by atoms with van der Waals surface area (Å²) >= 11 is 1.60. The fraction of sp³-hybridized carbons (Fsp3) is 0.150. The molecule has 0 unspecified atom stereocenters. The molecular weight excluding hydrogens is 358 g/mol. The molecule has 0 bridgehead atoms. The molecule has 0 radical (unpaired) electrons. The molecule has 0 spiro atoms. The maximum absolute atomic E-state index is 12.3. The van der Waals surface area contributed by atoms with Crippen LogP contribution in [0.5, 0.6) is 0 Å². The maximum atomic E-state index is 12.3. The number of benzene rings is 1. The molecule has 1 aromatic carbocycles. The Morgan fingerprint density at radius 2 is 2.15 bits per heavy atom. The molecule has 4 rings (SSSR count). The van der Waals surface area contributed by atoms with Crippen LogP contribution in [0.1, 0.15) is 21.1 Å². The van der Waals surface area contributed by atoms with E-state index in [4.69, 9.17) is 0 Å². The van der Waals surface area contributed by atoms with Gasteiger partial charge >= 0.3 is 0 Å². The number of hydrogen-bond donors (Lipinski definition) is 2. The van der Waals surface area contributed by atoms with E-state index in [2.05, 4.69) is 32.5 Å². The number of nitrogens with one attached hydrogen (secondary N) is 2. The SMILES string of the molecule is Cc1nc(-c2c[nH]c(C(=O)NCCc3ccc(-n4cccn4)cc3)c2)cs1. The van der Waals surface area contributed by atoms with Gasteiger partial charge in [-0.25, -0.2) is 9.67 Å². The number of thiazole rings is 1. The number of hydrogen-bond acceptors (Lipinski definition) is 4. The molecule has 0 fully saturated rings. The summed E-state index contributed by atoms with van der Waals surface area (Å²) in [5.41, 5.74) is 4.55. The Labute approximate surface area is 160 Å². The van der Waals surface area contributed by atoms with Crippen molar-refractivity contribution in [2.24, 2.45) is 0 Å². The van der Waals surface area contributed by atoms with Crippen LogP contribution < -0.4 is 5.32 Å². The average Bonchev–Trinajstić information content (AvgIpc) is 3.43. The van der Waals surface area contributed by atoms with E-state index < -0.39 is 0 Å². The summed E-state index contributed by atoms with van der Waals surface area (Å²) < 4.78 is 1.82. The van der Waals surface area contributed by atoms with Gasteiger partial charge in [-0.3, -0.25) is 4.79 Å². The topological polar surface area (TPSA) is 75.6 Å². The molecule has 4 aromatic rings. The van der Waals surface area contributed by atoms with Crippen LogP contribution in [0, 0.1) is 6.92 Å². The summed E-state index contributed by atoms with van der Waals surface area (Å²) in [6, 6.07) is 11.9. The minimum Gasteiger partial charge on any atom is -0.357 e. The summed E-state index contributed by atoms with van der Waals surface area (Å²) in [7, 11) is 0. The summed E-state index contributed by atoms with van der Waals surface area (Å²) in [5, 5.41) is 10.2. The van der Waals surface area contributed by atoms with E-state index in [1.54, 1.807) is 17.5 Å². The van der Waals surface area contributed by atoms with Crippen molar-refractivity contribution in [3.05, 3.63) is 76.6 Å². The summed E-state index contributed by atoms with van der Waals surface area (Å²) in [6.07, 6.45) is 6.25. The lowest BCUT2D eigenvalue weighted by molar-refractivity contribution is 0.0950. The second-order valence-electron chi connectivity index (χ2n) is 6.18. The zero-order valence-corrected chi connectivity index (χ0v) is 15.7. The number of aryl methyl sites for hydroxylation is 1. The molecule has 1 amide bonds. The van der Waals surface area contributed by atoms with Crippen molar-refractivity contribution >= 4 is 17.2 Å². The van der Waals surface area contributed by atoms with E-state index in [1.165, 1.54) is 0 Å². The first kappa shape index (κ1) is 17.2. The molecule has 0 aliphatic carbocycles. The number of H-pyrrole nitrogens is 1. The number of nitrogens with zero attached hydrogens (tertiary/aromatic N) is 3. The normalized spacial score (nSPS) is 10.9. The highest BCUT2D eigenvalue weighted by atomic mass is 32.1. The first-order valence-corrected chi connectivity index (χ1v) is 9.55. The lowest BCUT2D eigenvalue weighted by Gasteiger charge is -2.06. The van der Waals surface area contributed by atoms with Crippen LogP contribution in [0.4, 0.5) is 0 Å². The largest absolute Gasteiger partial charge is 0.357 e. The van der Waals surface area contributed by atoms with Crippen LogP contribution in [0.15, 0.2) is 60.4 Å². The van der Waals surface area contributed by atoms with Crippen molar-refractivity contribution in [2.75, 3.05) is 6.54 Å². The van der Waals surface area contributed by atoms with Crippen LogP contribution in [-0.2, 0) is 6.42 Å². The fourth-order valence-electron chi connectivity index (χ4n) is 2.82. The molecule has 0 aliphatic heterocycles. The number of rotatable bonds is 6. The first-order chi connectivity index (χ1) is 13.2. The zero-order valence-electron chi connectivity index (χ0n) is 14.8. The van der Waals surface area contributed by atoms with Crippen molar-refractivity contribution in [3.63, 3.8) is 0 Å². The van der Waals surface area contributed by atoms with E-state index in [9.17, 15) is 4.79 Å². The third-order valence-electron chi connectivity index (χ3n) is 4.25. The van der Waals surface area contributed by atoms with Crippen molar-refractivity contribution in [1.82, 2.24) is 25.1 Å². The highest BCUT2D eigenvalue weighted by molar-refractivity contribution is 7.09. The van der Waals surface area contributed by atoms with Crippen LogP contribution in [0.3, 0.4) is 0 Å². The number of carbonyl (C=O) groups excluding carboxylic acids is 1. The molecular formula is C20H19N5OS. The molecule has 7 heteroatoms. The lowest BCUT2D eigenvalue weighted by Crippen LogP contribution is -2.25. The van der Waals surface area contributed by atoms with E-state index in [0.29, 0.717) is 12.2 Å². The second-order valence-corrected chi connectivity index (χ2v) is 7.24. The standard InChI is InChI=1S/C20H19N5OS/c1-14-24-19(13-27-14)16-11-18(22-12-16)20(26)21-9-7-15-3-5-17(6-4-15)25-10-2-8-23-25/h2-6,8,10-13,22H,7,9H2,1H3,(H,21,26). The minimum absolute atomic E-state index is 0.110. The van der Waals surface area contributed by atoms with Gasteiger partial charge in [0, 0.05) is 36.1 Å². The van der Waals surface area contributed by atoms with Gasteiger partial charge in [-0.1, -0.05) is 12.1 Å². The molecule has 3 heterocycles. The molecule has 2 N–H and O–H groups in total. The van der Waals surface area contributed by atoms with Gasteiger partial charge < -0.3 is 10.3 Å². The maximum Gasteiger partial charge on any atom is 0.267 e. The van der Waals surface area contributed by atoms with Gasteiger partial charge in [0.15, 0.2) is 0 Å². The number of aromatic nitrogens is 4. The monoisotopic (exact) mass is 377 g/mol. The Kier molecular flexibility index (Phi) is 4.84. The minimum atomic E-state index is -0.110. The number of amides is 1. The lowest BCUT2D eigenvalue weighted by atomic mass is 10.1. The van der Waals surface area contributed by atoms with Crippen molar-refractivity contribution in [3.8, 4) is 16.9 Å². The highest BCUT2D eigenvalue weighted by Crippen LogP contribution is 2.22. The van der Waals surface area contributed by atoms with Crippen LogP contribution in [-0.4, -0.2) is 32.2 Å². The van der Waals surface area contributed by atoms with Gasteiger partial charge in [0.05, 0.1) is 16.4 Å². The summed E-state index contributed by atoms with van der Waals surface area (Å²) in [6.45, 7) is 2.54. The highest BCUT2D eigenvalue weighted by Gasteiger charge is 2.10. The molecule has 3 aromatic heterocycles. The summed E-state index contributed by atoms with van der Waals surface area (Å²) in [5.74, 6) is -0.110. The van der Waals surface area contributed by atoms with E-state index >= 15 is 0 Å². The molecule has 6 nitrogen and oxygen atoms in total. The summed E-state index contributed by atoms with van der Waals surface area (Å²) in [4.78, 5) is 19.8. The van der Waals surface area contributed by atoms with Gasteiger partial charge in [0.25, 0.3) is 5.91 Å². The van der Waals surface area contributed by atoms with Gasteiger partial charge in [0.2, 0.25) is 0 Å². The predicted molar refractivity (Wildman–Crippen MR) is 106 cm³/mol. The van der Waals surface area contributed by atoms with Crippen molar-refractivity contribution < 1.29 is 4.79 Å². The fourth-order valence-corrected chi connectivity index (χ4v) is 3.44. The van der Waals surface area contributed by atoms with Crippen LogP contribution >= 0.6 is 11.3 Å². The Bertz CT molecular complexity index is 1030. The van der Waals surface area contributed by atoms with Crippen LogP contribution in [0.2, 0.25) is 0 Å². The van der Waals surface area contributed by atoms with Crippen molar-refractivity contribution in [2.45, 2.75) is 13.3 Å². The Morgan fingerprint density at radius 1 is 1.30 bits per heavy atom. The van der Waals surface area contributed by atoms with Gasteiger partial charge in [-0.15, -0.1) is 11.3 Å². The molecule has 0 saturated heterocycles. The molecule has 27 heavy (non-hydrogen) atoms. The Hall–Kier alpha value is -3.19. The Morgan fingerprint density at radius 3 is 2.85 bits per heavy atom. The van der Waals surface area contributed by atoms with Gasteiger partial charge in [0.1, 0.15) is 5.69 Å². The third-order valence-corrected chi connectivity index (χ3v) is 5.02.